The van der Waals surface area contributed by atoms with E-state index in [2.05, 4.69) is 37.4 Å². The topological polar surface area (TPSA) is 89.8 Å². The second-order valence-corrected chi connectivity index (χ2v) is 9.59. The van der Waals surface area contributed by atoms with Crippen LogP contribution in [-0.4, -0.2) is 46.1 Å². The van der Waals surface area contributed by atoms with Gasteiger partial charge in [-0.2, -0.15) is 0 Å². The SMILES string of the molecule is CCCCCC/C=C\CCC(O)C(=O)NC(CO)C(O)/C=C/CC/C=C/CCCCCCCCC. The molecule has 1 amide bonds. The molecule has 5 nitrogen and oxygen atoms in total. The van der Waals surface area contributed by atoms with E-state index in [-0.39, 0.29) is 6.61 Å². The lowest BCUT2D eigenvalue weighted by atomic mass is 10.1. The van der Waals surface area contributed by atoms with Crippen molar-refractivity contribution in [3.8, 4) is 0 Å². The molecule has 0 saturated heterocycles. The third kappa shape index (κ3) is 21.6. The summed E-state index contributed by atoms with van der Waals surface area (Å²) >= 11 is 0. The Morgan fingerprint density at radius 2 is 1.17 bits per heavy atom. The fraction of sp³-hybridized carbons (Fsp3) is 0.767. The zero-order chi connectivity index (χ0) is 26.0. The van der Waals surface area contributed by atoms with Gasteiger partial charge in [-0.15, -0.1) is 0 Å². The molecule has 0 fully saturated rings. The molecule has 0 radical (unpaired) electrons. The van der Waals surface area contributed by atoms with Crippen LogP contribution in [0.25, 0.3) is 0 Å². The van der Waals surface area contributed by atoms with E-state index in [1.807, 2.05) is 12.2 Å². The Morgan fingerprint density at radius 3 is 1.77 bits per heavy atom. The van der Waals surface area contributed by atoms with E-state index in [1.54, 1.807) is 6.08 Å². The van der Waals surface area contributed by atoms with Gasteiger partial charge in [0.2, 0.25) is 5.91 Å². The maximum absolute atomic E-state index is 12.2. The molecule has 0 bridgehead atoms. The molecular formula is C30H55NO4. The molecule has 0 saturated carbocycles. The van der Waals surface area contributed by atoms with Crippen molar-refractivity contribution >= 4 is 5.91 Å². The van der Waals surface area contributed by atoms with Crippen LogP contribution >= 0.6 is 0 Å². The van der Waals surface area contributed by atoms with Crippen molar-refractivity contribution in [3.05, 3.63) is 36.5 Å². The average Bonchev–Trinajstić information content (AvgIpc) is 2.86. The molecule has 0 aliphatic rings. The summed E-state index contributed by atoms with van der Waals surface area (Å²) in [5, 5.41) is 32.5. The van der Waals surface area contributed by atoms with Crippen molar-refractivity contribution in [3.63, 3.8) is 0 Å². The minimum Gasteiger partial charge on any atom is -0.394 e. The van der Waals surface area contributed by atoms with Gasteiger partial charge in [-0.25, -0.2) is 0 Å². The van der Waals surface area contributed by atoms with E-state index in [0.717, 1.165) is 25.7 Å². The third-order valence-electron chi connectivity index (χ3n) is 6.21. The number of allylic oxidation sites excluding steroid dienone is 5. The molecule has 0 rings (SSSR count). The van der Waals surface area contributed by atoms with Gasteiger partial charge in [0, 0.05) is 0 Å². The fourth-order valence-corrected chi connectivity index (χ4v) is 3.85. The van der Waals surface area contributed by atoms with Crippen LogP contribution < -0.4 is 5.32 Å². The first kappa shape index (κ1) is 33.6. The second-order valence-electron chi connectivity index (χ2n) is 9.59. The summed E-state index contributed by atoms with van der Waals surface area (Å²) < 4.78 is 0. The fourth-order valence-electron chi connectivity index (χ4n) is 3.85. The highest BCUT2D eigenvalue weighted by atomic mass is 16.3. The number of amides is 1. The number of aliphatic hydroxyl groups is 3. The zero-order valence-corrected chi connectivity index (χ0v) is 22.7. The van der Waals surface area contributed by atoms with E-state index < -0.39 is 24.2 Å². The summed E-state index contributed by atoms with van der Waals surface area (Å²) in [5.74, 6) is -0.554. The normalized spacial score (nSPS) is 14.8. The molecule has 4 N–H and O–H groups in total. The third-order valence-corrected chi connectivity index (χ3v) is 6.21. The van der Waals surface area contributed by atoms with Crippen molar-refractivity contribution < 1.29 is 20.1 Å². The van der Waals surface area contributed by atoms with Crippen LogP contribution in [0.5, 0.6) is 0 Å². The van der Waals surface area contributed by atoms with Crippen LogP contribution in [0.15, 0.2) is 36.5 Å². The van der Waals surface area contributed by atoms with E-state index in [1.165, 1.54) is 70.6 Å². The Morgan fingerprint density at radius 1 is 0.686 bits per heavy atom. The van der Waals surface area contributed by atoms with Crippen LogP contribution in [0.2, 0.25) is 0 Å². The molecule has 0 aromatic carbocycles. The number of carbonyl (C=O) groups is 1. The largest absolute Gasteiger partial charge is 0.394 e. The standard InChI is InChI=1S/C30H55NO4/c1-3-5-7-9-11-13-14-15-16-17-19-20-22-24-28(33)27(26-32)31-30(35)29(34)25-23-21-18-12-10-8-6-4-2/h16-18,21-22,24,27-29,32-34H,3-15,19-20,23,25-26H2,1-2H3,(H,31,35)/b17-16+,21-18-,24-22+. The summed E-state index contributed by atoms with van der Waals surface area (Å²) in [6.07, 6.45) is 28.8. The lowest BCUT2D eigenvalue weighted by Gasteiger charge is -2.21. The predicted octanol–water partition coefficient (Wildman–Crippen LogP) is 6.53. The first-order valence-electron chi connectivity index (χ1n) is 14.3. The highest BCUT2D eigenvalue weighted by molar-refractivity contribution is 5.80. The molecular weight excluding hydrogens is 438 g/mol. The van der Waals surface area contributed by atoms with Gasteiger partial charge in [0.15, 0.2) is 0 Å². The summed E-state index contributed by atoms with van der Waals surface area (Å²) in [6.45, 7) is 4.04. The molecule has 3 unspecified atom stereocenters. The number of nitrogens with one attached hydrogen (secondary N) is 1. The minimum atomic E-state index is -1.15. The van der Waals surface area contributed by atoms with Gasteiger partial charge >= 0.3 is 0 Å². The van der Waals surface area contributed by atoms with Crippen LogP contribution in [0.4, 0.5) is 0 Å². The van der Waals surface area contributed by atoms with Crippen LogP contribution in [0, 0.1) is 0 Å². The van der Waals surface area contributed by atoms with Gasteiger partial charge in [0.25, 0.3) is 0 Å². The van der Waals surface area contributed by atoms with E-state index in [9.17, 15) is 20.1 Å². The molecule has 35 heavy (non-hydrogen) atoms. The first-order chi connectivity index (χ1) is 17.1. The molecule has 0 aromatic heterocycles. The molecule has 0 spiro atoms. The first-order valence-corrected chi connectivity index (χ1v) is 14.3. The van der Waals surface area contributed by atoms with Crippen molar-refractivity contribution in [1.29, 1.82) is 0 Å². The molecule has 0 aliphatic heterocycles. The smallest absolute Gasteiger partial charge is 0.249 e. The Balaban J connectivity index is 3.98. The molecule has 0 heterocycles. The molecule has 5 heteroatoms. The number of hydrogen-bond donors (Lipinski definition) is 4. The molecule has 204 valence electrons. The van der Waals surface area contributed by atoms with Crippen molar-refractivity contribution in [2.24, 2.45) is 0 Å². The lowest BCUT2D eigenvalue weighted by molar-refractivity contribution is -0.131. The minimum absolute atomic E-state index is 0.326. The average molecular weight is 494 g/mol. The zero-order valence-electron chi connectivity index (χ0n) is 22.7. The van der Waals surface area contributed by atoms with Crippen molar-refractivity contribution in [2.75, 3.05) is 6.61 Å². The Hall–Kier alpha value is -1.43. The van der Waals surface area contributed by atoms with Gasteiger partial charge in [-0.05, 0) is 51.4 Å². The quantitative estimate of drug-likeness (QED) is 0.0909. The number of carbonyl (C=O) groups excluding carboxylic acids is 1. The highest BCUT2D eigenvalue weighted by Gasteiger charge is 2.22. The number of rotatable bonds is 24. The van der Waals surface area contributed by atoms with Crippen LogP contribution in [0.3, 0.4) is 0 Å². The van der Waals surface area contributed by atoms with Gasteiger partial charge in [-0.1, -0.05) is 108 Å². The summed E-state index contributed by atoms with van der Waals surface area (Å²) in [4.78, 5) is 12.2. The monoisotopic (exact) mass is 493 g/mol. The number of unbranched alkanes of at least 4 members (excludes halogenated alkanes) is 12. The maximum Gasteiger partial charge on any atom is 0.249 e. The summed E-state index contributed by atoms with van der Waals surface area (Å²) in [6, 6.07) is -0.824. The van der Waals surface area contributed by atoms with Crippen molar-refractivity contribution in [1.82, 2.24) is 5.32 Å². The summed E-state index contributed by atoms with van der Waals surface area (Å²) in [7, 11) is 0. The number of hydrogen-bond acceptors (Lipinski definition) is 4. The van der Waals surface area contributed by atoms with Gasteiger partial charge < -0.3 is 20.6 Å². The predicted molar refractivity (Wildman–Crippen MR) is 148 cm³/mol. The van der Waals surface area contributed by atoms with Crippen molar-refractivity contribution in [2.45, 2.75) is 141 Å². The highest BCUT2D eigenvalue weighted by Crippen LogP contribution is 2.09. The number of aliphatic hydroxyl groups excluding tert-OH is 3. The van der Waals surface area contributed by atoms with Gasteiger partial charge in [0.1, 0.15) is 6.10 Å². The van der Waals surface area contributed by atoms with Gasteiger partial charge in [0.05, 0.1) is 18.8 Å². The van der Waals surface area contributed by atoms with E-state index in [4.69, 9.17) is 0 Å². The molecule has 0 aliphatic carbocycles. The lowest BCUT2D eigenvalue weighted by Crippen LogP contribution is -2.48. The Labute approximate surface area is 215 Å². The Bertz CT molecular complexity index is 559. The second kappa shape index (κ2) is 25.7. The maximum atomic E-state index is 12.2. The van der Waals surface area contributed by atoms with E-state index in [0.29, 0.717) is 12.8 Å². The van der Waals surface area contributed by atoms with E-state index >= 15 is 0 Å². The van der Waals surface area contributed by atoms with Crippen LogP contribution in [-0.2, 0) is 4.79 Å². The van der Waals surface area contributed by atoms with Crippen LogP contribution in [0.1, 0.15) is 123 Å². The van der Waals surface area contributed by atoms with Gasteiger partial charge in [-0.3, -0.25) is 4.79 Å². The Kier molecular flexibility index (Phi) is 24.6. The molecule has 0 aromatic rings. The molecule has 3 atom stereocenters. The summed E-state index contributed by atoms with van der Waals surface area (Å²) in [5.41, 5.74) is 0.